The standard InChI is InChI=1S/C18H14N2/c19-11-4-3-9-18(13-20)10-5-7-15-12-14-6-1-2-8-16(14)17(15)18/h1-2,5-8,10,12H,3-4,9H2. The van der Waals surface area contributed by atoms with Gasteiger partial charge in [-0.15, -0.1) is 0 Å². The first-order valence-corrected chi connectivity index (χ1v) is 6.80. The van der Waals surface area contributed by atoms with Crippen LogP contribution in [0, 0.1) is 28.1 Å². The van der Waals surface area contributed by atoms with Crippen molar-refractivity contribution in [1.29, 1.82) is 10.5 Å². The first-order valence-electron chi connectivity index (χ1n) is 6.80. The highest BCUT2D eigenvalue weighted by molar-refractivity contribution is 5.88. The van der Waals surface area contributed by atoms with E-state index >= 15 is 0 Å². The number of fused-ring (bicyclic) bond motifs is 2. The summed E-state index contributed by atoms with van der Waals surface area (Å²) >= 11 is 0. The smallest absolute Gasteiger partial charge is 0.102 e. The Morgan fingerprint density at radius 3 is 2.80 bits per heavy atom. The molecule has 0 N–H and O–H groups in total. The molecule has 1 aromatic rings. The van der Waals surface area contributed by atoms with Crippen LogP contribution in [0.4, 0.5) is 0 Å². The van der Waals surface area contributed by atoms with Gasteiger partial charge in [-0.25, -0.2) is 0 Å². The molecule has 2 heteroatoms. The normalized spacial score (nSPS) is 22.1. The van der Waals surface area contributed by atoms with Gasteiger partial charge in [-0.1, -0.05) is 42.5 Å². The molecule has 0 saturated heterocycles. The highest BCUT2D eigenvalue weighted by Crippen LogP contribution is 2.42. The van der Waals surface area contributed by atoms with Crippen molar-refractivity contribution in [3.05, 3.63) is 58.5 Å². The topological polar surface area (TPSA) is 47.6 Å². The summed E-state index contributed by atoms with van der Waals surface area (Å²) in [5.41, 5.74) is 1.65. The maximum absolute atomic E-state index is 9.77. The van der Waals surface area contributed by atoms with Gasteiger partial charge >= 0.3 is 0 Å². The van der Waals surface area contributed by atoms with E-state index in [2.05, 4.69) is 36.4 Å². The summed E-state index contributed by atoms with van der Waals surface area (Å²) in [4.78, 5) is 0. The number of hydrogen-bond acceptors (Lipinski definition) is 2. The van der Waals surface area contributed by atoms with E-state index in [0.29, 0.717) is 12.8 Å². The third kappa shape index (κ3) is 1.78. The molecular formula is C18H14N2. The second-order valence-electron chi connectivity index (χ2n) is 5.18. The number of unbranched alkanes of at least 4 members (excludes halogenated alkanes) is 1. The molecule has 1 aromatic carbocycles. The molecule has 1 atom stereocenters. The number of rotatable bonds is 3. The molecule has 3 rings (SSSR count). The van der Waals surface area contributed by atoms with Crippen LogP contribution in [0.2, 0.25) is 0 Å². The van der Waals surface area contributed by atoms with Crippen LogP contribution in [-0.4, -0.2) is 0 Å². The predicted molar refractivity (Wildman–Crippen MR) is 78.3 cm³/mol. The molecule has 2 nitrogen and oxygen atoms in total. The van der Waals surface area contributed by atoms with E-state index in [4.69, 9.17) is 5.26 Å². The maximum atomic E-state index is 9.77. The molecule has 0 saturated carbocycles. The molecule has 0 spiro atoms. The van der Waals surface area contributed by atoms with Gasteiger partial charge in [-0.2, -0.15) is 10.5 Å². The Labute approximate surface area is 118 Å². The van der Waals surface area contributed by atoms with Gasteiger partial charge in [0, 0.05) is 6.42 Å². The molecule has 0 heterocycles. The summed E-state index contributed by atoms with van der Waals surface area (Å²) in [5, 5.41) is 20.8. The molecular weight excluding hydrogens is 244 g/mol. The van der Waals surface area contributed by atoms with Crippen molar-refractivity contribution in [3.8, 4) is 12.1 Å². The summed E-state index contributed by atoms with van der Waals surface area (Å²) in [5.74, 6) is 0. The van der Waals surface area contributed by atoms with Crippen molar-refractivity contribution in [2.45, 2.75) is 19.3 Å². The largest absolute Gasteiger partial charge is 0.198 e. The fourth-order valence-electron chi connectivity index (χ4n) is 3.08. The van der Waals surface area contributed by atoms with Crippen LogP contribution in [0.25, 0.3) is 11.6 Å². The summed E-state index contributed by atoms with van der Waals surface area (Å²) < 4.78 is 0. The number of hydrogen-bond donors (Lipinski definition) is 0. The lowest BCUT2D eigenvalue weighted by Crippen LogP contribution is -2.29. The summed E-state index contributed by atoms with van der Waals surface area (Å²) in [6, 6.07) is 12.9. The summed E-state index contributed by atoms with van der Waals surface area (Å²) in [6.45, 7) is 0. The second-order valence-corrected chi connectivity index (χ2v) is 5.18. The molecule has 20 heavy (non-hydrogen) atoms. The lowest BCUT2D eigenvalue weighted by atomic mass is 9.72. The van der Waals surface area contributed by atoms with Gasteiger partial charge < -0.3 is 0 Å². The molecule has 1 unspecified atom stereocenters. The van der Waals surface area contributed by atoms with Crippen LogP contribution >= 0.6 is 0 Å². The molecule has 0 aromatic heterocycles. The van der Waals surface area contributed by atoms with Gasteiger partial charge in [-0.3, -0.25) is 0 Å². The minimum atomic E-state index is -0.593. The Hall–Kier alpha value is -2.58. The van der Waals surface area contributed by atoms with Gasteiger partial charge in [0.2, 0.25) is 0 Å². The van der Waals surface area contributed by atoms with E-state index in [1.54, 1.807) is 0 Å². The van der Waals surface area contributed by atoms with E-state index < -0.39 is 5.41 Å². The molecule has 0 radical (unpaired) electrons. The van der Waals surface area contributed by atoms with Crippen molar-refractivity contribution in [2.24, 2.45) is 5.41 Å². The molecule has 0 aliphatic heterocycles. The van der Waals surface area contributed by atoms with Gasteiger partial charge in [-0.05, 0) is 40.5 Å². The van der Waals surface area contributed by atoms with Crippen molar-refractivity contribution < 1.29 is 0 Å². The quantitative estimate of drug-likeness (QED) is 0.781. The lowest BCUT2D eigenvalue weighted by Gasteiger charge is -2.28. The highest BCUT2D eigenvalue weighted by atomic mass is 14.4. The first-order chi connectivity index (χ1) is 9.80. The number of benzene rings is 1. The van der Waals surface area contributed by atoms with Crippen LogP contribution in [0.1, 0.15) is 19.3 Å². The lowest BCUT2D eigenvalue weighted by molar-refractivity contribution is 0.566. The molecule has 0 fully saturated rings. The molecule has 2 aliphatic carbocycles. The van der Waals surface area contributed by atoms with Crippen molar-refractivity contribution >= 4 is 11.6 Å². The van der Waals surface area contributed by atoms with Crippen LogP contribution in [0.3, 0.4) is 0 Å². The third-order valence-corrected chi connectivity index (χ3v) is 3.99. The van der Waals surface area contributed by atoms with E-state index in [9.17, 15) is 5.26 Å². The van der Waals surface area contributed by atoms with E-state index in [-0.39, 0.29) is 0 Å². The molecule has 96 valence electrons. The zero-order valence-electron chi connectivity index (χ0n) is 11.1. The second kappa shape index (κ2) is 4.83. The fraction of sp³-hybridized carbons (Fsp3) is 0.222. The monoisotopic (exact) mass is 258 g/mol. The summed E-state index contributed by atoms with van der Waals surface area (Å²) in [7, 11) is 0. The predicted octanol–water partition coefficient (Wildman–Crippen LogP) is 2.33. The van der Waals surface area contributed by atoms with Gasteiger partial charge in [0.25, 0.3) is 0 Å². The Bertz CT molecular complexity index is 812. The van der Waals surface area contributed by atoms with Gasteiger partial charge in [0.05, 0.1) is 12.1 Å². The SMILES string of the molecule is N#CCCCC1(C#N)C=CC=C2C=c3ccccc3=C21. The van der Waals surface area contributed by atoms with Crippen molar-refractivity contribution in [1.82, 2.24) is 0 Å². The van der Waals surface area contributed by atoms with E-state index in [1.165, 1.54) is 5.22 Å². The molecule has 2 aliphatic rings. The summed E-state index contributed by atoms with van der Waals surface area (Å²) in [6.07, 6.45) is 10.1. The fourth-order valence-corrected chi connectivity index (χ4v) is 3.08. The Kier molecular flexibility index (Phi) is 3.01. The van der Waals surface area contributed by atoms with E-state index in [0.717, 1.165) is 22.8 Å². The maximum Gasteiger partial charge on any atom is 0.102 e. The average Bonchev–Trinajstić information content (AvgIpc) is 2.87. The minimum Gasteiger partial charge on any atom is -0.198 e. The number of allylic oxidation sites excluding steroid dienone is 4. The Balaban J connectivity index is 2.17. The van der Waals surface area contributed by atoms with Crippen molar-refractivity contribution in [2.75, 3.05) is 0 Å². The van der Waals surface area contributed by atoms with Crippen LogP contribution in [0.15, 0.2) is 48.1 Å². The average molecular weight is 258 g/mol. The van der Waals surface area contributed by atoms with Crippen LogP contribution in [-0.2, 0) is 0 Å². The van der Waals surface area contributed by atoms with Crippen LogP contribution in [0.5, 0.6) is 0 Å². The molecule has 0 bridgehead atoms. The van der Waals surface area contributed by atoms with Gasteiger partial charge in [0.15, 0.2) is 0 Å². The minimum absolute atomic E-state index is 0.495. The van der Waals surface area contributed by atoms with Crippen LogP contribution < -0.4 is 10.4 Å². The molecule has 0 amide bonds. The zero-order valence-corrected chi connectivity index (χ0v) is 11.1. The zero-order chi connectivity index (χ0) is 14.0. The Morgan fingerprint density at radius 1 is 1.15 bits per heavy atom. The van der Waals surface area contributed by atoms with Crippen molar-refractivity contribution in [3.63, 3.8) is 0 Å². The number of nitrogens with zero attached hydrogens (tertiary/aromatic N) is 2. The first kappa shape index (κ1) is 12.5. The van der Waals surface area contributed by atoms with E-state index in [1.807, 2.05) is 24.3 Å². The highest BCUT2D eigenvalue weighted by Gasteiger charge is 2.36. The Morgan fingerprint density at radius 2 is 2.00 bits per heavy atom. The number of nitriles is 2. The van der Waals surface area contributed by atoms with Gasteiger partial charge in [0.1, 0.15) is 5.41 Å². The third-order valence-electron chi connectivity index (χ3n) is 3.99.